The van der Waals surface area contributed by atoms with Crippen molar-refractivity contribution in [1.82, 2.24) is 10.1 Å². The van der Waals surface area contributed by atoms with Crippen molar-refractivity contribution in [2.75, 3.05) is 0 Å². The maximum absolute atomic E-state index is 6.54. The normalized spacial score (nSPS) is 30.9. The Morgan fingerprint density at radius 3 is 2.52 bits per heavy atom. The van der Waals surface area contributed by atoms with E-state index in [9.17, 15) is 0 Å². The molecule has 2 N–H and O–H groups in total. The summed E-state index contributed by atoms with van der Waals surface area (Å²) in [5.74, 6) is 3.24. The van der Waals surface area contributed by atoms with Gasteiger partial charge in [-0.05, 0) is 43.9 Å². The van der Waals surface area contributed by atoms with Gasteiger partial charge >= 0.3 is 0 Å². The molecule has 0 aromatic carbocycles. The molecule has 3 rings (SSSR count). The van der Waals surface area contributed by atoms with Gasteiger partial charge in [-0.2, -0.15) is 4.98 Å². The summed E-state index contributed by atoms with van der Waals surface area (Å²) in [5.41, 5.74) is 6.20. The SMILES string of the molecule is CCC1CCC(N)(c2noc(CCC3CCCC3)n2)CC1. The van der Waals surface area contributed by atoms with E-state index in [1.54, 1.807) is 0 Å². The van der Waals surface area contributed by atoms with Crippen LogP contribution in [0.3, 0.4) is 0 Å². The third-order valence-electron chi connectivity index (χ3n) is 5.73. The summed E-state index contributed by atoms with van der Waals surface area (Å²) in [7, 11) is 0. The zero-order chi connectivity index (χ0) is 14.7. The second-order valence-electron chi connectivity index (χ2n) is 7.21. The minimum absolute atomic E-state index is 0.346. The first-order valence-electron chi connectivity index (χ1n) is 8.81. The molecule has 0 unspecified atom stereocenters. The zero-order valence-electron chi connectivity index (χ0n) is 13.3. The van der Waals surface area contributed by atoms with Crippen molar-refractivity contribution in [3.63, 3.8) is 0 Å². The zero-order valence-corrected chi connectivity index (χ0v) is 13.3. The van der Waals surface area contributed by atoms with Crippen LogP contribution in [0.4, 0.5) is 0 Å². The van der Waals surface area contributed by atoms with E-state index >= 15 is 0 Å². The van der Waals surface area contributed by atoms with Gasteiger partial charge in [0.05, 0.1) is 5.54 Å². The van der Waals surface area contributed by atoms with Gasteiger partial charge in [-0.1, -0.05) is 44.2 Å². The highest BCUT2D eigenvalue weighted by Gasteiger charge is 2.36. The molecule has 4 nitrogen and oxygen atoms in total. The fraction of sp³-hybridized carbons (Fsp3) is 0.882. The van der Waals surface area contributed by atoms with Crippen LogP contribution in [0.1, 0.15) is 82.8 Å². The summed E-state index contributed by atoms with van der Waals surface area (Å²) in [4.78, 5) is 4.61. The average molecular weight is 291 g/mol. The van der Waals surface area contributed by atoms with Gasteiger partial charge in [-0.15, -0.1) is 0 Å². The fourth-order valence-corrected chi connectivity index (χ4v) is 4.01. The molecule has 0 spiro atoms. The first-order chi connectivity index (χ1) is 10.2. The molecule has 1 heterocycles. The highest BCUT2D eigenvalue weighted by molar-refractivity contribution is 5.06. The summed E-state index contributed by atoms with van der Waals surface area (Å²) in [6.07, 6.45) is 13.3. The molecule has 0 bridgehead atoms. The fourth-order valence-electron chi connectivity index (χ4n) is 4.01. The Kier molecular flexibility index (Phi) is 4.63. The summed E-state index contributed by atoms with van der Waals surface area (Å²) >= 11 is 0. The molecular formula is C17H29N3O. The first kappa shape index (κ1) is 15.0. The topological polar surface area (TPSA) is 64.9 Å². The van der Waals surface area contributed by atoms with Gasteiger partial charge in [0.2, 0.25) is 5.89 Å². The van der Waals surface area contributed by atoms with E-state index in [1.165, 1.54) is 51.4 Å². The Morgan fingerprint density at radius 2 is 1.86 bits per heavy atom. The summed E-state index contributed by atoms with van der Waals surface area (Å²) in [5, 5.41) is 4.20. The van der Waals surface area contributed by atoms with Gasteiger partial charge in [0.15, 0.2) is 5.82 Å². The molecule has 21 heavy (non-hydrogen) atoms. The van der Waals surface area contributed by atoms with Crippen molar-refractivity contribution in [2.24, 2.45) is 17.6 Å². The smallest absolute Gasteiger partial charge is 0.226 e. The van der Waals surface area contributed by atoms with Crippen LogP contribution >= 0.6 is 0 Å². The number of nitrogens with two attached hydrogens (primary N) is 1. The number of nitrogens with zero attached hydrogens (tertiary/aromatic N) is 2. The molecule has 2 saturated carbocycles. The maximum Gasteiger partial charge on any atom is 0.226 e. The lowest BCUT2D eigenvalue weighted by Gasteiger charge is -2.34. The Morgan fingerprint density at radius 1 is 1.14 bits per heavy atom. The van der Waals surface area contributed by atoms with Crippen molar-refractivity contribution in [1.29, 1.82) is 0 Å². The van der Waals surface area contributed by atoms with Crippen LogP contribution in [-0.4, -0.2) is 10.1 Å². The van der Waals surface area contributed by atoms with E-state index in [-0.39, 0.29) is 5.54 Å². The first-order valence-corrected chi connectivity index (χ1v) is 8.81. The maximum atomic E-state index is 6.54. The van der Waals surface area contributed by atoms with E-state index in [0.29, 0.717) is 0 Å². The Bertz CT molecular complexity index is 443. The van der Waals surface area contributed by atoms with Crippen molar-refractivity contribution >= 4 is 0 Å². The van der Waals surface area contributed by atoms with E-state index in [0.717, 1.165) is 42.8 Å². The summed E-state index contributed by atoms with van der Waals surface area (Å²) in [6.45, 7) is 2.27. The molecule has 0 atom stereocenters. The minimum atomic E-state index is -0.346. The quantitative estimate of drug-likeness (QED) is 0.892. The molecule has 1 aromatic heterocycles. The van der Waals surface area contributed by atoms with Gasteiger partial charge in [-0.25, -0.2) is 0 Å². The van der Waals surface area contributed by atoms with E-state index < -0.39 is 0 Å². The van der Waals surface area contributed by atoms with Crippen LogP contribution in [-0.2, 0) is 12.0 Å². The number of rotatable bonds is 5. The van der Waals surface area contributed by atoms with Gasteiger partial charge in [0.1, 0.15) is 0 Å². The minimum Gasteiger partial charge on any atom is -0.339 e. The molecule has 0 saturated heterocycles. The highest BCUT2D eigenvalue weighted by atomic mass is 16.5. The molecule has 0 amide bonds. The predicted octanol–water partition coefficient (Wildman–Crippen LogP) is 3.95. The number of aromatic nitrogens is 2. The van der Waals surface area contributed by atoms with Crippen molar-refractivity contribution < 1.29 is 4.52 Å². The Hall–Kier alpha value is -0.900. The number of hydrogen-bond donors (Lipinski definition) is 1. The van der Waals surface area contributed by atoms with Gasteiger partial charge < -0.3 is 10.3 Å². The van der Waals surface area contributed by atoms with Crippen LogP contribution in [0.2, 0.25) is 0 Å². The number of hydrogen-bond acceptors (Lipinski definition) is 4. The monoisotopic (exact) mass is 291 g/mol. The molecular weight excluding hydrogens is 262 g/mol. The van der Waals surface area contributed by atoms with Crippen molar-refractivity contribution in [3.05, 3.63) is 11.7 Å². The highest BCUT2D eigenvalue weighted by Crippen LogP contribution is 2.37. The third-order valence-corrected chi connectivity index (χ3v) is 5.73. The van der Waals surface area contributed by atoms with Crippen LogP contribution in [0, 0.1) is 11.8 Å². The predicted molar refractivity (Wildman–Crippen MR) is 82.7 cm³/mol. The largest absolute Gasteiger partial charge is 0.339 e. The van der Waals surface area contributed by atoms with E-state index in [4.69, 9.17) is 10.3 Å². The molecule has 2 fully saturated rings. The average Bonchev–Trinajstić information content (AvgIpc) is 3.18. The Balaban J connectivity index is 1.56. The van der Waals surface area contributed by atoms with E-state index in [1.807, 2.05) is 0 Å². The summed E-state index contributed by atoms with van der Waals surface area (Å²) in [6, 6.07) is 0. The molecule has 2 aliphatic carbocycles. The Labute approximate surface area is 127 Å². The van der Waals surface area contributed by atoms with Crippen LogP contribution in [0.25, 0.3) is 0 Å². The third kappa shape index (κ3) is 3.47. The molecule has 0 aliphatic heterocycles. The second kappa shape index (κ2) is 6.47. The van der Waals surface area contributed by atoms with Gasteiger partial charge in [0.25, 0.3) is 0 Å². The molecule has 0 radical (unpaired) electrons. The molecule has 118 valence electrons. The van der Waals surface area contributed by atoms with Crippen LogP contribution in [0.5, 0.6) is 0 Å². The second-order valence-corrected chi connectivity index (χ2v) is 7.21. The number of aryl methyl sites for hydroxylation is 1. The van der Waals surface area contributed by atoms with Crippen LogP contribution < -0.4 is 5.73 Å². The van der Waals surface area contributed by atoms with Crippen LogP contribution in [0.15, 0.2) is 4.52 Å². The van der Waals surface area contributed by atoms with Gasteiger partial charge in [-0.3, -0.25) is 0 Å². The summed E-state index contributed by atoms with van der Waals surface area (Å²) < 4.78 is 5.45. The molecule has 4 heteroatoms. The molecule has 1 aromatic rings. The van der Waals surface area contributed by atoms with E-state index in [2.05, 4.69) is 17.1 Å². The lowest BCUT2D eigenvalue weighted by molar-refractivity contribution is 0.216. The van der Waals surface area contributed by atoms with Gasteiger partial charge in [0, 0.05) is 6.42 Å². The standard InChI is InChI=1S/C17H29N3O/c1-2-13-9-11-17(18,12-10-13)16-19-15(21-20-16)8-7-14-5-3-4-6-14/h13-14H,2-12,18H2,1H3. The molecule has 2 aliphatic rings. The van der Waals surface area contributed by atoms with Crippen molar-refractivity contribution in [3.8, 4) is 0 Å². The lowest BCUT2D eigenvalue weighted by Crippen LogP contribution is -2.41. The van der Waals surface area contributed by atoms with Crippen molar-refractivity contribution in [2.45, 2.75) is 83.1 Å². The lowest BCUT2D eigenvalue weighted by atomic mass is 9.76.